The number of rotatable bonds is 5. The molecule has 2 aromatic rings. The highest BCUT2D eigenvalue weighted by Crippen LogP contribution is 2.20. The van der Waals surface area contributed by atoms with Crippen molar-refractivity contribution in [3.8, 4) is 0 Å². The van der Waals surface area contributed by atoms with Crippen LogP contribution in [0.2, 0.25) is 0 Å². The van der Waals surface area contributed by atoms with Crippen LogP contribution >= 0.6 is 0 Å². The van der Waals surface area contributed by atoms with Crippen LogP contribution in [0.4, 0.5) is 0 Å². The maximum absolute atomic E-state index is 11.5. The summed E-state index contributed by atoms with van der Waals surface area (Å²) in [5.74, 6) is 0.903. The maximum Gasteiger partial charge on any atom is 0.246 e. The van der Waals surface area contributed by atoms with E-state index in [0.717, 1.165) is 16.9 Å². The van der Waals surface area contributed by atoms with E-state index in [1.165, 1.54) is 0 Å². The molecule has 0 spiro atoms. The summed E-state index contributed by atoms with van der Waals surface area (Å²) in [6, 6.07) is 8.46. The molecule has 0 aliphatic carbocycles. The quantitative estimate of drug-likeness (QED) is 0.850. The number of hydrogen-bond donors (Lipinski definition) is 1. The van der Waals surface area contributed by atoms with Crippen LogP contribution in [0.1, 0.15) is 32.6 Å². The molecule has 20 heavy (non-hydrogen) atoms. The van der Waals surface area contributed by atoms with Crippen molar-refractivity contribution in [2.45, 2.75) is 33.2 Å². The molecule has 1 amide bonds. The van der Waals surface area contributed by atoms with E-state index in [9.17, 15) is 4.79 Å². The third-order valence-corrected chi connectivity index (χ3v) is 3.21. The number of benzene rings is 1. The fraction of sp³-hybridized carbons (Fsp3) is 0.375. The van der Waals surface area contributed by atoms with Crippen molar-refractivity contribution in [3.05, 3.63) is 42.2 Å². The molecule has 0 unspecified atom stereocenters. The van der Waals surface area contributed by atoms with Gasteiger partial charge >= 0.3 is 0 Å². The third-order valence-electron chi connectivity index (χ3n) is 3.21. The number of imidazole rings is 1. The summed E-state index contributed by atoms with van der Waals surface area (Å²) >= 11 is 0. The van der Waals surface area contributed by atoms with Gasteiger partial charge in [0, 0.05) is 24.6 Å². The number of aromatic nitrogens is 2. The summed E-state index contributed by atoms with van der Waals surface area (Å²) in [5.41, 5.74) is 2.67. The second-order valence-corrected chi connectivity index (χ2v) is 5.27. The van der Waals surface area contributed by atoms with Gasteiger partial charge in [0.15, 0.2) is 0 Å². The van der Waals surface area contributed by atoms with Gasteiger partial charge in [0.25, 0.3) is 0 Å². The summed E-state index contributed by atoms with van der Waals surface area (Å²) in [4.78, 5) is 16.2. The van der Waals surface area contributed by atoms with Crippen LogP contribution in [-0.2, 0) is 11.2 Å². The first kappa shape index (κ1) is 14.3. The zero-order valence-corrected chi connectivity index (χ0v) is 12.3. The van der Waals surface area contributed by atoms with Gasteiger partial charge in [-0.25, -0.2) is 4.98 Å². The average molecular weight is 271 g/mol. The molecule has 4 heteroatoms. The fourth-order valence-electron chi connectivity index (χ4n) is 2.29. The SMILES string of the molecule is C=C(C)C(=O)NCCc1nc2ccccc2n1C(C)C. The number of para-hydroxylation sites is 2. The Kier molecular flexibility index (Phi) is 4.23. The highest BCUT2D eigenvalue weighted by molar-refractivity contribution is 5.92. The van der Waals surface area contributed by atoms with E-state index >= 15 is 0 Å². The molecule has 1 heterocycles. The Morgan fingerprint density at radius 3 is 2.75 bits per heavy atom. The van der Waals surface area contributed by atoms with Crippen LogP contribution in [0.15, 0.2) is 36.4 Å². The first-order valence-electron chi connectivity index (χ1n) is 6.90. The van der Waals surface area contributed by atoms with Gasteiger partial charge in [0.1, 0.15) is 5.82 Å². The van der Waals surface area contributed by atoms with Gasteiger partial charge in [0.05, 0.1) is 11.0 Å². The second-order valence-electron chi connectivity index (χ2n) is 5.27. The Hall–Kier alpha value is -2.10. The molecule has 0 saturated carbocycles. The van der Waals surface area contributed by atoms with Gasteiger partial charge in [-0.3, -0.25) is 4.79 Å². The number of carbonyl (C=O) groups excluding carboxylic acids is 1. The Balaban J connectivity index is 2.19. The van der Waals surface area contributed by atoms with E-state index in [4.69, 9.17) is 0 Å². The van der Waals surface area contributed by atoms with Crippen LogP contribution in [0, 0.1) is 0 Å². The molecule has 2 rings (SSSR count). The fourth-order valence-corrected chi connectivity index (χ4v) is 2.29. The summed E-state index contributed by atoms with van der Waals surface area (Å²) in [7, 11) is 0. The molecule has 106 valence electrons. The number of fused-ring (bicyclic) bond motifs is 1. The van der Waals surface area contributed by atoms with Crippen LogP contribution < -0.4 is 5.32 Å². The smallest absolute Gasteiger partial charge is 0.246 e. The Bertz CT molecular complexity index is 640. The van der Waals surface area contributed by atoms with Crippen molar-refractivity contribution in [2.24, 2.45) is 0 Å². The summed E-state index contributed by atoms with van der Waals surface area (Å²) in [6.45, 7) is 10.2. The van der Waals surface area contributed by atoms with E-state index in [2.05, 4.69) is 41.4 Å². The molecular formula is C16H21N3O. The first-order valence-corrected chi connectivity index (χ1v) is 6.90. The molecule has 1 aromatic heterocycles. The zero-order chi connectivity index (χ0) is 14.7. The number of carbonyl (C=O) groups is 1. The molecule has 1 aromatic carbocycles. The Morgan fingerprint density at radius 2 is 2.10 bits per heavy atom. The largest absolute Gasteiger partial charge is 0.352 e. The molecule has 0 saturated heterocycles. The normalized spacial score (nSPS) is 11.0. The van der Waals surface area contributed by atoms with Crippen molar-refractivity contribution in [2.75, 3.05) is 6.54 Å². The highest BCUT2D eigenvalue weighted by atomic mass is 16.1. The Morgan fingerprint density at radius 1 is 1.40 bits per heavy atom. The van der Waals surface area contributed by atoms with Crippen molar-refractivity contribution in [1.82, 2.24) is 14.9 Å². The first-order chi connectivity index (χ1) is 9.50. The minimum atomic E-state index is -0.0998. The van der Waals surface area contributed by atoms with E-state index in [1.54, 1.807) is 6.92 Å². The minimum absolute atomic E-state index is 0.0998. The van der Waals surface area contributed by atoms with Crippen molar-refractivity contribution < 1.29 is 4.79 Å². The van der Waals surface area contributed by atoms with Crippen molar-refractivity contribution in [3.63, 3.8) is 0 Å². The topological polar surface area (TPSA) is 46.9 Å². The van der Waals surface area contributed by atoms with E-state index < -0.39 is 0 Å². The maximum atomic E-state index is 11.5. The number of nitrogens with one attached hydrogen (secondary N) is 1. The lowest BCUT2D eigenvalue weighted by Gasteiger charge is -2.13. The van der Waals surface area contributed by atoms with Gasteiger partial charge in [-0.05, 0) is 32.9 Å². The Labute approximate surface area is 119 Å². The lowest BCUT2D eigenvalue weighted by Crippen LogP contribution is -2.26. The van der Waals surface area contributed by atoms with E-state index in [0.29, 0.717) is 24.6 Å². The molecule has 0 radical (unpaired) electrons. The average Bonchev–Trinajstić information content (AvgIpc) is 2.76. The molecule has 4 nitrogen and oxygen atoms in total. The monoisotopic (exact) mass is 271 g/mol. The third kappa shape index (κ3) is 2.90. The van der Waals surface area contributed by atoms with Gasteiger partial charge in [-0.15, -0.1) is 0 Å². The molecule has 1 N–H and O–H groups in total. The number of nitrogens with zero attached hydrogens (tertiary/aromatic N) is 2. The second kappa shape index (κ2) is 5.90. The van der Waals surface area contributed by atoms with Crippen LogP contribution in [0.3, 0.4) is 0 Å². The van der Waals surface area contributed by atoms with E-state index in [-0.39, 0.29) is 5.91 Å². The molecular weight excluding hydrogens is 250 g/mol. The lowest BCUT2D eigenvalue weighted by atomic mass is 10.3. The van der Waals surface area contributed by atoms with Crippen LogP contribution in [0.5, 0.6) is 0 Å². The summed E-state index contributed by atoms with van der Waals surface area (Å²) in [6.07, 6.45) is 0.714. The predicted octanol–water partition coefficient (Wildman–Crippen LogP) is 2.85. The van der Waals surface area contributed by atoms with Crippen LogP contribution in [-0.4, -0.2) is 22.0 Å². The number of amides is 1. The van der Waals surface area contributed by atoms with Crippen LogP contribution in [0.25, 0.3) is 11.0 Å². The molecule has 0 bridgehead atoms. The van der Waals surface area contributed by atoms with E-state index in [1.807, 2.05) is 18.2 Å². The predicted molar refractivity (Wildman–Crippen MR) is 81.6 cm³/mol. The summed E-state index contributed by atoms with van der Waals surface area (Å²) < 4.78 is 2.22. The number of hydrogen-bond acceptors (Lipinski definition) is 2. The van der Waals surface area contributed by atoms with Gasteiger partial charge in [-0.1, -0.05) is 18.7 Å². The standard InChI is InChI=1S/C16H21N3O/c1-11(2)16(20)17-10-9-15-18-13-7-5-6-8-14(13)19(15)12(3)4/h5-8,12H,1,9-10H2,2-4H3,(H,17,20). The lowest BCUT2D eigenvalue weighted by molar-refractivity contribution is -0.117. The van der Waals surface area contributed by atoms with Gasteiger partial charge in [0.2, 0.25) is 5.91 Å². The van der Waals surface area contributed by atoms with Crippen molar-refractivity contribution in [1.29, 1.82) is 0 Å². The molecule has 0 aliphatic rings. The van der Waals surface area contributed by atoms with Crippen molar-refractivity contribution >= 4 is 16.9 Å². The molecule has 0 fully saturated rings. The minimum Gasteiger partial charge on any atom is -0.352 e. The van der Waals surface area contributed by atoms with Gasteiger partial charge in [-0.2, -0.15) is 0 Å². The molecule has 0 atom stereocenters. The molecule has 0 aliphatic heterocycles. The van der Waals surface area contributed by atoms with Gasteiger partial charge < -0.3 is 9.88 Å². The highest BCUT2D eigenvalue weighted by Gasteiger charge is 2.12. The zero-order valence-electron chi connectivity index (χ0n) is 12.3. The summed E-state index contributed by atoms with van der Waals surface area (Å²) in [5, 5.41) is 2.85.